The number of ketones is 1. The molecule has 1 aromatic heterocycles. The van der Waals surface area contributed by atoms with E-state index in [-0.39, 0.29) is 15.9 Å². The van der Waals surface area contributed by atoms with Gasteiger partial charge in [-0.3, -0.25) is 4.79 Å². The molecular formula is C16H18N2O3S2. The Balaban J connectivity index is 2.11. The number of hydrogen-bond acceptors (Lipinski definition) is 5. The van der Waals surface area contributed by atoms with E-state index in [1.165, 1.54) is 38.1 Å². The summed E-state index contributed by atoms with van der Waals surface area (Å²) in [5.41, 5.74) is 0.652. The predicted octanol–water partition coefficient (Wildman–Crippen LogP) is 2.70. The van der Waals surface area contributed by atoms with Gasteiger partial charge in [0.15, 0.2) is 5.78 Å². The number of benzene rings is 1. The molecule has 0 N–H and O–H groups in total. The second-order valence-corrected chi connectivity index (χ2v) is 8.62. The molecule has 0 spiro atoms. The highest BCUT2D eigenvalue weighted by atomic mass is 32.2. The molecular weight excluding hydrogens is 332 g/mol. The van der Waals surface area contributed by atoms with E-state index in [2.05, 4.69) is 4.98 Å². The van der Waals surface area contributed by atoms with Gasteiger partial charge >= 0.3 is 0 Å². The molecule has 0 bridgehead atoms. The van der Waals surface area contributed by atoms with Crippen LogP contribution in [0.2, 0.25) is 0 Å². The van der Waals surface area contributed by atoms with Crippen molar-refractivity contribution < 1.29 is 13.2 Å². The maximum Gasteiger partial charge on any atom is 0.244 e. The zero-order valence-electron chi connectivity index (χ0n) is 13.1. The maximum absolute atomic E-state index is 12.3. The van der Waals surface area contributed by atoms with E-state index in [4.69, 9.17) is 0 Å². The van der Waals surface area contributed by atoms with Gasteiger partial charge in [-0.2, -0.15) is 0 Å². The van der Waals surface area contributed by atoms with Crippen LogP contribution in [0, 0.1) is 0 Å². The lowest BCUT2D eigenvalue weighted by Gasteiger charge is -2.12. The average Bonchev–Trinajstić information content (AvgIpc) is 2.55. The Hall–Kier alpha value is -1.70. The molecule has 0 unspecified atom stereocenters. The van der Waals surface area contributed by atoms with Crippen molar-refractivity contribution in [2.45, 2.75) is 22.1 Å². The molecule has 5 nitrogen and oxygen atoms in total. The second-order valence-electron chi connectivity index (χ2n) is 5.11. The van der Waals surface area contributed by atoms with E-state index >= 15 is 0 Å². The summed E-state index contributed by atoms with van der Waals surface area (Å²) >= 11 is 1.31. The third kappa shape index (κ3) is 4.19. The number of carbonyl (C=O) groups excluding carboxylic acids is 1. The zero-order valence-corrected chi connectivity index (χ0v) is 14.8. The topological polar surface area (TPSA) is 67.3 Å². The fraction of sp³-hybridized carbons (Fsp3) is 0.250. The maximum atomic E-state index is 12.3. The molecule has 0 aliphatic carbocycles. The molecule has 0 amide bonds. The molecule has 7 heteroatoms. The molecule has 122 valence electrons. The van der Waals surface area contributed by atoms with E-state index in [0.717, 1.165) is 4.31 Å². The van der Waals surface area contributed by atoms with E-state index in [1.807, 2.05) is 25.1 Å². The van der Waals surface area contributed by atoms with Crippen LogP contribution in [0.25, 0.3) is 0 Å². The number of sulfonamides is 1. The Labute approximate surface area is 140 Å². The summed E-state index contributed by atoms with van der Waals surface area (Å²) in [5.74, 6) is 0.0161. The SMILES string of the molecule is C[C@@H](Sc1ccc(S(=O)(=O)N(C)C)cn1)C(=O)c1ccccc1. The number of hydrogen-bond donors (Lipinski definition) is 0. The molecule has 0 aliphatic rings. The van der Waals surface area contributed by atoms with Gasteiger partial charge in [0, 0.05) is 25.9 Å². The number of nitrogens with zero attached hydrogens (tertiary/aromatic N) is 2. The van der Waals surface area contributed by atoms with Crippen LogP contribution in [0.5, 0.6) is 0 Å². The Morgan fingerprint density at radius 2 is 1.78 bits per heavy atom. The summed E-state index contributed by atoms with van der Waals surface area (Å²) in [7, 11) is -0.545. The van der Waals surface area contributed by atoms with E-state index < -0.39 is 10.0 Å². The van der Waals surface area contributed by atoms with Gasteiger partial charge in [0.25, 0.3) is 0 Å². The largest absolute Gasteiger partial charge is 0.293 e. The highest BCUT2D eigenvalue weighted by Gasteiger charge is 2.19. The van der Waals surface area contributed by atoms with Crippen LogP contribution in [0.4, 0.5) is 0 Å². The Morgan fingerprint density at radius 1 is 1.13 bits per heavy atom. The average molecular weight is 350 g/mol. The van der Waals surface area contributed by atoms with Gasteiger partial charge in [-0.1, -0.05) is 42.1 Å². The molecule has 1 aromatic carbocycles. The summed E-state index contributed by atoms with van der Waals surface area (Å²) in [6, 6.07) is 12.2. The Morgan fingerprint density at radius 3 is 2.30 bits per heavy atom. The smallest absolute Gasteiger partial charge is 0.244 e. The first-order chi connectivity index (χ1) is 10.8. The van der Waals surface area contributed by atoms with Crippen molar-refractivity contribution in [3.8, 4) is 0 Å². The molecule has 2 aromatic rings. The normalized spacial score (nSPS) is 13.0. The lowest BCUT2D eigenvalue weighted by Crippen LogP contribution is -2.22. The van der Waals surface area contributed by atoms with Crippen molar-refractivity contribution >= 4 is 27.6 Å². The summed E-state index contributed by atoms with van der Waals surface area (Å²) in [4.78, 5) is 16.6. The van der Waals surface area contributed by atoms with Gasteiger partial charge in [-0.15, -0.1) is 0 Å². The van der Waals surface area contributed by atoms with E-state index in [1.54, 1.807) is 18.2 Å². The van der Waals surface area contributed by atoms with Crippen LogP contribution in [-0.2, 0) is 10.0 Å². The van der Waals surface area contributed by atoms with Crippen LogP contribution < -0.4 is 0 Å². The number of thioether (sulfide) groups is 1. The lowest BCUT2D eigenvalue weighted by atomic mass is 10.1. The molecule has 1 heterocycles. The Bertz CT molecular complexity index is 773. The molecule has 0 fully saturated rings. The van der Waals surface area contributed by atoms with Crippen molar-refractivity contribution in [2.24, 2.45) is 0 Å². The van der Waals surface area contributed by atoms with Gasteiger partial charge in [0.05, 0.1) is 10.3 Å². The Kier molecular flexibility index (Phi) is 5.56. The fourth-order valence-electron chi connectivity index (χ4n) is 1.87. The first-order valence-electron chi connectivity index (χ1n) is 6.97. The molecule has 0 saturated heterocycles. The fourth-order valence-corrected chi connectivity index (χ4v) is 3.58. The van der Waals surface area contributed by atoms with Crippen LogP contribution in [0.1, 0.15) is 17.3 Å². The van der Waals surface area contributed by atoms with Crippen LogP contribution in [0.15, 0.2) is 58.6 Å². The third-order valence-electron chi connectivity index (χ3n) is 3.21. The molecule has 2 rings (SSSR count). The third-order valence-corrected chi connectivity index (χ3v) is 6.06. The number of Topliss-reactive ketones (excluding diaryl/α,β-unsaturated/α-hetero) is 1. The number of aromatic nitrogens is 1. The monoisotopic (exact) mass is 350 g/mol. The summed E-state index contributed by atoms with van der Waals surface area (Å²) in [6.45, 7) is 1.81. The van der Waals surface area contributed by atoms with Crippen molar-refractivity contribution in [1.82, 2.24) is 9.29 Å². The van der Waals surface area contributed by atoms with Crippen LogP contribution in [-0.4, -0.2) is 42.8 Å². The molecule has 23 heavy (non-hydrogen) atoms. The van der Waals surface area contributed by atoms with E-state index in [9.17, 15) is 13.2 Å². The summed E-state index contributed by atoms with van der Waals surface area (Å²) in [5, 5.41) is 0.306. The second kappa shape index (κ2) is 7.25. The molecule has 0 saturated carbocycles. The van der Waals surface area contributed by atoms with Gasteiger partial charge in [-0.05, 0) is 19.1 Å². The minimum Gasteiger partial charge on any atom is -0.293 e. The minimum atomic E-state index is -3.49. The molecule has 0 aliphatic heterocycles. The highest BCUT2D eigenvalue weighted by Crippen LogP contribution is 2.25. The van der Waals surface area contributed by atoms with Gasteiger partial charge in [0.1, 0.15) is 4.90 Å². The predicted molar refractivity (Wildman–Crippen MR) is 91.2 cm³/mol. The van der Waals surface area contributed by atoms with Gasteiger partial charge in [-0.25, -0.2) is 17.7 Å². The number of pyridine rings is 1. The van der Waals surface area contributed by atoms with Crippen molar-refractivity contribution in [1.29, 1.82) is 0 Å². The number of rotatable bonds is 6. The summed E-state index contributed by atoms with van der Waals surface area (Å²) < 4.78 is 25.1. The van der Waals surface area contributed by atoms with Crippen molar-refractivity contribution in [3.05, 3.63) is 54.2 Å². The lowest BCUT2D eigenvalue weighted by molar-refractivity contribution is 0.0994. The van der Waals surface area contributed by atoms with Crippen molar-refractivity contribution in [3.63, 3.8) is 0 Å². The van der Waals surface area contributed by atoms with Crippen molar-refractivity contribution in [2.75, 3.05) is 14.1 Å². The molecule has 0 radical (unpaired) electrons. The van der Waals surface area contributed by atoms with Gasteiger partial charge in [0.2, 0.25) is 10.0 Å². The number of carbonyl (C=O) groups is 1. The van der Waals surface area contributed by atoms with Crippen LogP contribution >= 0.6 is 11.8 Å². The molecule has 1 atom stereocenters. The van der Waals surface area contributed by atoms with Crippen LogP contribution in [0.3, 0.4) is 0 Å². The highest BCUT2D eigenvalue weighted by molar-refractivity contribution is 8.00. The quantitative estimate of drug-likeness (QED) is 0.592. The first kappa shape index (κ1) is 17.7. The standard InChI is InChI=1S/C16H18N2O3S2/c1-12(16(19)13-7-5-4-6-8-13)22-15-10-9-14(11-17-15)23(20,21)18(2)3/h4-12H,1-3H3/t12-/m1/s1. The van der Waals surface area contributed by atoms with E-state index in [0.29, 0.717) is 10.6 Å². The zero-order chi connectivity index (χ0) is 17.0. The van der Waals surface area contributed by atoms with Gasteiger partial charge < -0.3 is 0 Å². The first-order valence-corrected chi connectivity index (χ1v) is 9.29. The summed E-state index contributed by atoms with van der Waals surface area (Å²) in [6.07, 6.45) is 1.32. The minimum absolute atomic E-state index is 0.0161.